The molecule has 0 aliphatic rings. The molecule has 2 N–H and O–H groups in total. The smallest absolute Gasteiger partial charge is 0.0345 e. The zero-order valence-electron chi connectivity index (χ0n) is 8.42. The van der Waals surface area contributed by atoms with Crippen molar-refractivity contribution >= 4 is 21.4 Å². The molecule has 1 nitrogen and oxygen atoms in total. The largest absolute Gasteiger partial charge is 0.330 e. The van der Waals surface area contributed by atoms with Gasteiger partial charge in [-0.25, -0.2) is 0 Å². The number of aryl methyl sites for hydroxylation is 2. The molecule has 74 valence electrons. The Labute approximate surface area is 88.6 Å². The van der Waals surface area contributed by atoms with Crippen LogP contribution in [-0.4, -0.2) is 6.54 Å². The maximum Gasteiger partial charge on any atom is 0.0345 e. The average Bonchev–Trinajstić information content (AvgIpc) is 2.61. The van der Waals surface area contributed by atoms with Crippen molar-refractivity contribution in [3.8, 4) is 0 Å². The normalized spacial score (nSPS) is 11.0. The van der Waals surface area contributed by atoms with Crippen molar-refractivity contribution in [3.63, 3.8) is 0 Å². The number of fused-ring (bicyclic) bond motifs is 1. The van der Waals surface area contributed by atoms with E-state index in [0.29, 0.717) is 0 Å². The zero-order valence-corrected chi connectivity index (χ0v) is 9.23. The van der Waals surface area contributed by atoms with Gasteiger partial charge in [-0.15, -0.1) is 11.3 Å². The fraction of sp³-hybridized carbons (Fsp3) is 0.333. The summed E-state index contributed by atoms with van der Waals surface area (Å²) in [6.45, 7) is 2.96. The van der Waals surface area contributed by atoms with Gasteiger partial charge in [-0.1, -0.05) is 6.07 Å². The summed E-state index contributed by atoms with van der Waals surface area (Å²) in [6, 6.07) is 6.77. The molecule has 0 aliphatic carbocycles. The molecule has 0 saturated heterocycles. The number of hydrogen-bond acceptors (Lipinski definition) is 2. The molecule has 0 saturated carbocycles. The number of thiophene rings is 1. The van der Waals surface area contributed by atoms with Crippen LogP contribution in [0.15, 0.2) is 23.6 Å². The maximum atomic E-state index is 5.52. The van der Waals surface area contributed by atoms with Crippen molar-refractivity contribution in [2.45, 2.75) is 19.8 Å². The molecule has 0 bridgehead atoms. The molecule has 0 amide bonds. The van der Waals surface area contributed by atoms with Crippen LogP contribution in [0.25, 0.3) is 10.1 Å². The molecule has 0 fully saturated rings. The Morgan fingerprint density at radius 2 is 2.21 bits per heavy atom. The molecule has 2 heteroatoms. The van der Waals surface area contributed by atoms with Crippen LogP contribution in [0.2, 0.25) is 0 Å². The Morgan fingerprint density at radius 3 is 3.00 bits per heavy atom. The van der Waals surface area contributed by atoms with Gasteiger partial charge in [0.2, 0.25) is 0 Å². The van der Waals surface area contributed by atoms with Gasteiger partial charge >= 0.3 is 0 Å². The third-order valence-corrected chi connectivity index (χ3v) is 3.44. The van der Waals surface area contributed by atoms with E-state index in [1.54, 1.807) is 0 Å². The standard InChI is InChI=1S/C12H15NS/c1-9-7-11-4-6-14-12(11)8-10(9)3-2-5-13/h4,6-8H,2-3,5,13H2,1H3. The van der Waals surface area contributed by atoms with E-state index >= 15 is 0 Å². The van der Waals surface area contributed by atoms with Crippen molar-refractivity contribution in [2.24, 2.45) is 5.73 Å². The molecule has 2 aromatic rings. The average molecular weight is 205 g/mol. The lowest BCUT2D eigenvalue weighted by molar-refractivity contribution is 0.829. The summed E-state index contributed by atoms with van der Waals surface area (Å²) in [6.07, 6.45) is 2.19. The Hall–Kier alpha value is -0.860. The van der Waals surface area contributed by atoms with Crippen LogP contribution >= 0.6 is 11.3 Å². The Kier molecular flexibility index (Phi) is 2.85. The summed E-state index contributed by atoms with van der Waals surface area (Å²) < 4.78 is 1.39. The molecular formula is C12H15NS. The number of hydrogen-bond donors (Lipinski definition) is 1. The van der Waals surface area contributed by atoms with Crippen molar-refractivity contribution in [1.82, 2.24) is 0 Å². The minimum absolute atomic E-state index is 0.780. The van der Waals surface area contributed by atoms with Crippen molar-refractivity contribution < 1.29 is 0 Å². The first-order valence-corrected chi connectivity index (χ1v) is 5.86. The van der Waals surface area contributed by atoms with Gasteiger partial charge in [0.25, 0.3) is 0 Å². The van der Waals surface area contributed by atoms with Crippen LogP contribution in [0.5, 0.6) is 0 Å². The number of rotatable bonds is 3. The van der Waals surface area contributed by atoms with Gasteiger partial charge < -0.3 is 5.73 Å². The van der Waals surface area contributed by atoms with E-state index in [1.807, 2.05) is 11.3 Å². The van der Waals surface area contributed by atoms with E-state index in [4.69, 9.17) is 5.73 Å². The highest BCUT2D eigenvalue weighted by Crippen LogP contribution is 2.25. The SMILES string of the molecule is Cc1cc2ccsc2cc1CCCN. The summed E-state index contributed by atoms with van der Waals surface area (Å²) in [5.74, 6) is 0. The summed E-state index contributed by atoms with van der Waals surface area (Å²) >= 11 is 1.81. The van der Waals surface area contributed by atoms with Gasteiger partial charge in [0, 0.05) is 4.70 Å². The van der Waals surface area contributed by atoms with Gasteiger partial charge in [0.1, 0.15) is 0 Å². The lowest BCUT2D eigenvalue weighted by Gasteiger charge is -2.05. The van der Waals surface area contributed by atoms with Gasteiger partial charge in [-0.3, -0.25) is 0 Å². The second kappa shape index (κ2) is 4.11. The van der Waals surface area contributed by atoms with Gasteiger partial charge in [0.05, 0.1) is 0 Å². The summed E-state index contributed by atoms with van der Waals surface area (Å²) in [5.41, 5.74) is 8.36. The van der Waals surface area contributed by atoms with E-state index in [1.165, 1.54) is 21.2 Å². The molecule has 14 heavy (non-hydrogen) atoms. The second-order valence-corrected chi connectivity index (χ2v) is 4.58. The molecule has 0 unspecified atom stereocenters. The van der Waals surface area contributed by atoms with Crippen molar-refractivity contribution in [1.29, 1.82) is 0 Å². The molecule has 0 radical (unpaired) electrons. The van der Waals surface area contributed by atoms with E-state index in [2.05, 4.69) is 30.5 Å². The molecule has 1 heterocycles. The molecule has 0 spiro atoms. The predicted molar refractivity (Wildman–Crippen MR) is 63.9 cm³/mol. The third-order valence-electron chi connectivity index (χ3n) is 2.56. The summed E-state index contributed by atoms with van der Waals surface area (Å²) in [4.78, 5) is 0. The van der Waals surface area contributed by atoms with E-state index in [0.717, 1.165) is 19.4 Å². The van der Waals surface area contributed by atoms with Crippen LogP contribution in [0, 0.1) is 6.92 Å². The van der Waals surface area contributed by atoms with Gasteiger partial charge in [-0.2, -0.15) is 0 Å². The molecule has 1 aromatic heterocycles. The van der Waals surface area contributed by atoms with E-state index in [9.17, 15) is 0 Å². The first kappa shape index (κ1) is 9.69. The quantitative estimate of drug-likeness (QED) is 0.818. The molecule has 1 aromatic carbocycles. The van der Waals surface area contributed by atoms with Crippen molar-refractivity contribution in [3.05, 3.63) is 34.7 Å². The minimum atomic E-state index is 0.780. The van der Waals surface area contributed by atoms with E-state index in [-0.39, 0.29) is 0 Å². The molecule has 2 rings (SSSR count). The highest BCUT2D eigenvalue weighted by Gasteiger charge is 2.01. The van der Waals surface area contributed by atoms with Crippen LogP contribution in [0.1, 0.15) is 17.5 Å². The Balaban J connectivity index is 2.38. The number of nitrogens with two attached hydrogens (primary N) is 1. The molecule has 0 aliphatic heterocycles. The fourth-order valence-corrected chi connectivity index (χ4v) is 2.56. The number of benzene rings is 1. The maximum absolute atomic E-state index is 5.52. The summed E-state index contributed by atoms with van der Waals surface area (Å²) in [7, 11) is 0. The fourth-order valence-electron chi connectivity index (χ4n) is 1.73. The van der Waals surface area contributed by atoms with Crippen molar-refractivity contribution in [2.75, 3.05) is 6.54 Å². The van der Waals surface area contributed by atoms with E-state index < -0.39 is 0 Å². The van der Waals surface area contributed by atoms with Crippen LogP contribution < -0.4 is 5.73 Å². The lowest BCUT2D eigenvalue weighted by Crippen LogP contribution is -2.01. The molecular weight excluding hydrogens is 190 g/mol. The third kappa shape index (κ3) is 1.81. The van der Waals surface area contributed by atoms with Crippen LogP contribution in [0.4, 0.5) is 0 Å². The lowest BCUT2D eigenvalue weighted by atomic mass is 10.0. The van der Waals surface area contributed by atoms with Gasteiger partial charge in [-0.05, 0) is 60.3 Å². The first-order chi connectivity index (χ1) is 6.81. The minimum Gasteiger partial charge on any atom is -0.330 e. The van der Waals surface area contributed by atoms with Crippen LogP contribution in [0.3, 0.4) is 0 Å². The topological polar surface area (TPSA) is 26.0 Å². The first-order valence-electron chi connectivity index (χ1n) is 4.98. The van der Waals surface area contributed by atoms with Gasteiger partial charge in [0.15, 0.2) is 0 Å². The summed E-state index contributed by atoms with van der Waals surface area (Å²) in [5, 5.41) is 3.51. The highest BCUT2D eigenvalue weighted by molar-refractivity contribution is 7.17. The Bertz CT molecular complexity index is 431. The second-order valence-electron chi connectivity index (χ2n) is 3.63. The predicted octanol–water partition coefficient (Wildman–Crippen LogP) is 3.10. The highest BCUT2D eigenvalue weighted by atomic mass is 32.1. The Morgan fingerprint density at radius 1 is 1.36 bits per heavy atom. The van der Waals surface area contributed by atoms with Crippen LogP contribution in [-0.2, 0) is 6.42 Å². The monoisotopic (exact) mass is 205 g/mol. The molecule has 0 atom stereocenters. The zero-order chi connectivity index (χ0) is 9.97.